The second kappa shape index (κ2) is 11.6. The van der Waals surface area contributed by atoms with Crippen LogP contribution in [0.5, 0.6) is 5.88 Å². The maximum absolute atomic E-state index is 10.1. The largest absolute Gasteiger partial charge is 0.473 e. The highest BCUT2D eigenvalue weighted by atomic mass is 32.2. The minimum absolute atomic E-state index is 0.0164. The van der Waals surface area contributed by atoms with Crippen LogP contribution in [-0.4, -0.2) is 89.3 Å². The number of ether oxygens (including phenoxy) is 2. The van der Waals surface area contributed by atoms with Crippen LogP contribution in [0, 0.1) is 11.3 Å². The maximum Gasteiger partial charge on any atom is 0.218 e. The lowest BCUT2D eigenvalue weighted by Crippen LogP contribution is -2.61. The van der Waals surface area contributed by atoms with Gasteiger partial charge in [0, 0.05) is 33.7 Å². The highest BCUT2D eigenvalue weighted by Crippen LogP contribution is 2.54. The summed E-state index contributed by atoms with van der Waals surface area (Å²) in [5.41, 5.74) is 9.65. The van der Waals surface area contributed by atoms with Gasteiger partial charge in [0.25, 0.3) is 0 Å². The Morgan fingerprint density at radius 3 is 2.73 bits per heavy atom. The molecule has 0 aromatic carbocycles. The summed E-state index contributed by atoms with van der Waals surface area (Å²) < 4.78 is 18.3. The molecule has 234 valence electrons. The van der Waals surface area contributed by atoms with Gasteiger partial charge >= 0.3 is 0 Å². The van der Waals surface area contributed by atoms with Crippen LogP contribution in [0.3, 0.4) is 0 Å². The summed E-state index contributed by atoms with van der Waals surface area (Å²) in [5.74, 6) is 2.52. The monoisotopic (exact) mass is 635 g/mol. The number of nitrogens with two attached hydrogens (primary N) is 1. The molecule has 1 spiro atoms. The van der Waals surface area contributed by atoms with E-state index >= 15 is 0 Å². The highest BCUT2D eigenvalue weighted by molar-refractivity contribution is 7.99. The van der Waals surface area contributed by atoms with Crippen molar-refractivity contribution >= 4 is 28.1 Å². The first-order chi connectivity index (χ1) is 21.2. The fraction of sp³-hybridized carbons (Fsp3) is 0.625. The van der Waals surface area contributed by atoms with E-state index in [1.54, 1.807) is 23.1 Å². The molecular weight excluding hydrogens is 595 g/mol. The minimum Gasteiger partial charge on any atom is -0.473 e. The highest BCUT2D eigenvalue weighted by Gasteiger charge is 2.48. The van der Waals surface area contributed by atoms with E-state index in [4.69, 9.17) is 34.9 Å². The van der Waals surface area contributed by atoms with Crippen LogP contribution in [0.1, 0.15) is 72.7 Å². The summed E-state index contributed by atoms with van der Waals surface area (Å²) in [6.45, 7) is 4.63. The van der Waals surface area contributed by atoms with Crippen LogP contribution < -0.4 is 10.5 Å². The number of aryl methyl sites for hydroxylation is 1. The van der Waals surface area contributed by atoms with E-state index < -0.39 is 0 Å². The summed E-state index contributed by atoms with van der Waals surface area (Å²) in [5, 5.41) is 16.3. The lowest BCUT2D eigenvalue weighted by Gasteiger charge is -2.46. The Kier molecular flexibility index (Phi) is 7.90. The number of likely N-dealkylation sites (tertiary alicyclic amines) is 1. The molecule has 3 aromatic heterocycles. The number of thiophene rings is 1. The molecule has 44 heavy (non-hydrogen) atoms. The topological polar surface area (TPSA) is 127 Å². The van der Waals surface area contributed by atoms with Crippen molar-refractivity contribution < 1.29 is 14.0 Å². The van der Waals surface area contributed by atoms with Crippen LogP contribution in [0.25, 0.3) is 11.6 Å². The summed E-state index contributed by atoms with van der Waals surface area (Å²) in [6.07, 6.45) is 7.90. The van der Waals surface area contributed by atoms with Crippen molar-refractivity contribution in [2.24, 2.45) is 0 Å². The zero-order chi connectivity index (χ0) is 30.6. The zero-order valence-electron chi connectivity index (χ0n) is 26.0. The first-order valence-corrected chi connectivity index (χ1v) is 17.5. The summed E-state index contributed by atoms with van der Waals surface area (Å²) in [6, 6.07) is 4.73. The van der Waals surface area contributed by atoms with Gasteiger partial charge in [-0.1, -0.05) is 5.16 Å². The summed E-state index contributed by atoms with van der Waals surface area (Å²) in [7, 11) is 6.38. The third-order valence-electron chi connectivity index (χ3n) is 10.4. The molecule has 0 radical (unpaired) electrons. The minimum atomic E-state index is -0.363. The number of hydrogen-bond acceptors (Lipinski definition) is 12. The number of nitrogen functional groups attached to an aromatic ring is 1. The molecule has 2 fully saturated rings. The van der Waals surface area contributed by atoms with Gasteiger partial charge in [-0.05, 0) is 91.5 Å². The molecule has 2 N–H and O–H groups in total. The van der Waals surface area contributed by atoms with Crippen LogP contribution in [-0.2, 0) is 23.0 Å². The predicted octanol–water partition coefficient (Wildman–Crippen LogP) is 4.89. The van der Waals surface area contributed by atoms with Gasteiger partial charge in [-0.2, -0.15) is 10.2 Å². The van der Waals surface area contributed by atoms with E-state index in [-0.39, 0.29) is 17.1 Å². The number of likely N-dealkylation sites (N-methyl/N-ethyl adjacent to an activating group) is 2. The van der Waals surface area contributed by atoms with Gasteiger partial charge in [0.05, 0.1) is 30.0 Å². The summed E-state index contributed by atoms with van der Waals surface area (Å²) in [4.78, 5) is 15.8. The summed E-state index contributed by atoms with van der Waals surface area (Å²) >= 11 is 3.26. The maximum atomic E-state index is 10.1. The number of rotatable bonds is 8. The van der Waals surface area contributed by atoms with Crippen molar-refractivity contribution in [3.05, 3.63) is 33.3 Å². The first-order valence-electron chi connectivity index (χ1n) is 15.7. The Morgan fingerprint density at radius 1 is 1.25 bits per heavy atom. The standard InChI is InChI=1S/C32H41N7O3S2/c1-19(22-9-7-13-39(22)4)41-24-14-25(43-18-31(38(2)3)16-40-17-31)36-30(35-24)27-20-8-5-11-32(28(20)37-42-27)12-6-10-23-26(32)21(15-33)29(34)44-23/h14,19,22H,5-13,16-18,34H2,1-4H3/t19-,22-,32-/m0/s1. The SMILES string of the molecule is C[C@H](Oc1cc(SCC2(N(C)C)COC2)nc(-c2onc3c2CCC[C@@]32CCCc3sc(N)c(C#N)c32)n1)[C@@H]1CCCN1C. The predicted molar refractivity (Wildman–Crippen MR) is 171 cm³/mol. The lowest BCUT2D eigenvalue weighted by molar-refractivity contribution is -0.110. The van der Waals surface area contributed by atoms with Crippen molar-refractivity contribution in [1.29, 1.82) is 5.26 Å². The average Bonchev–Trinajstić information content (AvgIpc) is 3.69. The quantitative estimate of drug-likeness (QED) is 0.269. The van der Waals surface area contributed by atoms with Gasteiger partial charge in [0.2, 0.25) is 17.5 Å². The molecule has 3 aromatic rings. The number of anilines is 1. The number of nitriles is 1. The van der Waals surface area contributed by atoms with Gasteiger partial charge < -0.3 is 19.7 Å². The van der Waals surface area contributed by atoms with Gasteiger partial charge in [-0.15, -0.1) is 23.1 Å². The number of nitrogens with zero attached hydrogens (tertiary/aromatic N) is 6. The molecule has 0 saturated carbocycles. The normalized spacial score (nSPS) is 25.0. The van der Waals surface area contributed by atoms with E-state index in [0.717, 1.165) is 79.1 Å². The number of aromatic nitrogens is 3. The first kappa shape index (κ1) is 30.0. The molecule has 3 atom stereocenters. The Balaban J connectivity index is 1.27. The van der Waals surface area contributed by atoms with E-state index in [1.165, 1.54) is 11.3 Å². The average molecular weight is 636 g/mol. The zero-order valence-corrected chi connectivity index (χ0v) is 27.7. The van der Waals surface area contributed by atoms with E-state index in [2.05, 4.69) is 43.9 Å². The van der Waals surface area contributed by atoms with Crippen molar-refractivity contribution in [3.8, 4) is 23.5 Å². The molecular formula is C32H41N7O3S2. The van der Waals surface area contributed by atoms with Crippen LogP contribution >= 0.6 is 23.1 Å². The Bertz CT molecular complexity index is 1590. The second-order valence-electron chi connectivity index (χ2n) is 13.2. The lowest BCUT2D eigenvalue weighted by atomic mass is 9.62. The third kappa shape index (κ3) is 4.92. The van der Waals surface area contributed by atoms with Crippen LogP contribution in [0.4, 0.5) is 5.00 Å². The third-order valence-corrected chi connectivity index (χ3v) is 12.6. The van der Waals surface area contributed by atoms with E-state index in [0.29, 0.717) is 47.3 Å². The number of thioether (sulfide) groups is 1. The van der Waals surface area contributed by atoms with E-state index in [1.807, 2.05) is 6.07 Å². The fourth-order valence-electron chi connectivity index (χ4n) is 7.69. The molecule has 7 rings (SSSR count). The van der Waals surface area contributed by atoms with E-state index in [9.17, 15) is 5.26 Å². The molecule has 0 bridgehead atoms. The van der Waals surface area contributed by atoms with Gasteiger partial charge in [-0.25, -0.2) is 4.98 Å². The molecule has 2 aliphatic carbocycles. The molecule has 2 saturated heterocycles. The van der Waals surface area contributed by atoms with Crippen LogP contribution in [0.2, 0.25) is 0 Å². The molecule has 5 heterocycles. The number of fused-ring (bicyclic) bond motifs is 4. The Morgan fingerprint density at radius 2 is 2.05 bits per heavy atom. The van der Waals surface area contributed by atoms with Crippen molar-refractivity contribution in [1.82, 2.24) is 24.9 Å². The molecule has 2 aliphatic heterocycles. The molecule has 12 heteroatoms. The molecule has 10 nitrogen and oxygen atoms in total. The number of hydrogen-bond donors (Lipinski definition) is 1. The van der Waals surface area contributed by atoms with Crippen LogP contribution in [0.15, 0.2) is 15.6 Å². The molecule has 0 amide bonds. The van der Waals surface area contributed by atoms with Gasteiger partial charge in [0.1, 0.15) is 22.2 Å². The van der Waals surface area contributed by atoms with Crippen molar-refractivity contribution in [2.45, 2.75) is 86.4 Å². The molecule has 4 aliphatic rings. The Labute approximate surface area is 267 Å². The Hall–Kier alpha value is -2.69. The van der Waals surface area contributed by atoms with Crippen molar-refractivity contribution in [2.75, 3.05) is 52.4 Å². The van der Waals surface area contributed by atoms with Crippen molar-refractivity contribution in [3.63, 3.8) is 0 Å². The molecule has 0 unspecified atom stereocenters. The second-order valence-corrected chi connectivity index (χ2v) is 15.3. The smallest absolute Gasteiger partial charge is 0.218 e. The van der Waals surface area contributed by atoms with Gasteiger partial charge in [-0.3, -0.25) is 9.80 Å². The fourth-order valence-corrected chi connectivity index (χ4v) is 10.0. The van der Waals surface area contributed by atoms with Gasteiger partial charge in [0.15, 0.2) is 0 Å².